The quantitative estimate of drug-likeness (QED) is 0.309. The molecule has 3 aromatic rings. The van der Waals surface area contributed by atoms with Crippen molar-refractivity contribution in [3.05, 3.63) is 77.9 Å². The SMILES string of the molecule is COCCCNC(=O)c1ccccc1NC(=O)CN(c1ccc(OC)cc1OC)S(=O)(=O)c1ccc(C)cc1. The standard InChI is InChI=1S/C28H33N3O7S/c1-20-10-13-22(14-11-20)39(34,35)31(25-15-12-21(37-3)18-26(25)38-4)19-27(32)30-24-9-6-5-8-23(24)28(33)29-16-7-17-36-2/h5-6,8-15,18H,7,16-17,19H2,1-4H3,(H,29,33)(H,30,32). The minimum atomic E-state index is -4.19. The number of anilines is 2. The molecule has 11 heteroatoms. The van der Waals surface area contributed by atoms with Gasteiger partial charge in [-0.3, -0.25) is 13.9 Å². The molecular formula is C28H33N3O7S. The number of aryl methyl sites for hydroxylation is 1. The molecule has 208 valence electrons. The van der Waals surface area contributed by atoms with Gasteiger partial charge in [0.25, 0.3) is 15.9 Å². The van der Waals surface area contributed by atoms with Crippen LogP contribution in [-0.2, 0) is 19.6 Å². The van der Waals surface area contributed by atoms with Crippen LogP contribution in [0.1, 0.15) is 22.3 Å². The second-order valence-electron chi connectivity index (χ2n) is 8.56. The van der Waals surface area contributed by atoms with Crippen molar-refractivity contribution in [1.29, 1.82) is 0 Å². The topological polar surface area (TPSA) is 123 Å². The van der Waals surface area contributed by atoms with Gasteiger partial charge in [0.1, 0.15) is 18.0 Å². The second-order valence-corrected chi connectivity index (χ2v) is 10.4. The summed E-state index contributed by atoms with van der Waals surface area (Å²) >= 11 is 0. The number of rotatable bonds is 13. The summed E-state index contributed by atoms with van der Waals surface area (Å²) < 4.78 is 44.2. The van der Waals surface area contributed by atoms with E-state index in [1.54, 1.807) is 49.6 Å². The number of sulfonamides is 1. The summed E-state index contributed by atoms with van der Waals surface area (Å²) in [5.74, 6) is -0.363. The molecule has 0 atom stereocenters. The Labute approximate surface area is 228 Å². The third-order valence-electron chi connectivity index (χ3n) is 5.81. The first-order valence-electron chi connectivity index (χ1n) is 12.2. The monoisotopic (exact) mass is 555 g/mol. The molecule has 0 fully saturated rings. The van der Waals surface area contributed by atoms with Crippen LogP contribution in [0, 0.1) is 6.92 Å². The fourth-order valence-electron chi connectivity index (χ4n) is 3.75. The number of methoxy groups -OCH3 is 3. The number of carbonyl (C=O) groups is 2. The minimum Gasteiger partial charge on any atom is -0.497 e. The highest BCUT2D eigenvalue weighted by atomic mass is 32.2. The summed E-state index contributed by atoms with van der Waals surface area (Å²) in [6.07, 6.45) is 0.631. The number of para-hydroxylation sites is 1. The van der Waals surface area contributed by atoms with Crippen LogP contribution in [0.3, 0.4) is 0 Å². The summed E-state index contributed by atoms with van der Waals surface area (Å²) in [7, 11) is 0.265. The molecule has 0 saturated carbocycles. The highest BCUT2D eigenvalue weighted by Gasteiger charge is 2.30. The number of hydrogen-bond donors (Lipinski definition) is 2. The van der Waals surface area contributed by atoms with Gasteiger partial charge in [-0.05, 0) is 49.7 Å². The van der Waals surface area contributed by atoms with E-state index in [4.69, 9.17) is 14.2 Å². The Bertz CT molecular complexity index is 1390. The van der Waals surface area contributed by atoms with Crippen LogP contribution in [0.2, 0.25) is 0 Å². The number of hydrogen-bond acceptors (Lipinski definition) is 7. The van der Waals surface area contributed by atoms with Gasteiger partial charge < -0.3 is 24.8 Å². The molecule has 0 spiro atoms. The van der Waals surface area contributed by atoms with Gasteiger partial charge in [0, 0.05) is 26.3 Å². The summed E-state index contributed by atoms with van der Waals surface area (Å²) in [6, 6.07) is 17.5. The lowest BCUT2D eigenvalue weighted by atomic mass is 10.1. The zero-order chi connectivity index (χ0) is 28.4. The van der Waals surface area contributed by atoms with Crippen LogP contribution in [0.5, 0.6) is 11.5 Å². The van der Waals surface area contributed by atoms with Gasteiger partial charge in [-0.25, -0.2) is 8.42 Å². The molecule has 10 nitrogen and oxygen atoms in total. The molecule has 2 N–H and O–H groups in total. The van der Waals surface area contributed by atoms with E-state index in [1.807, 2.05) is 6.92 Å². The van der Waals surface area contributed by atoms with Crippen molar-refractivity contribution in [2.45, 2.75) is 18.2 Å². The maximum Gasteiger partial charge on any atom is 0.264 e. The van der Waals surface area contributed by atoms with Crippen molar-refractivity contribution in [3.8, 4) is 11.5 Å². The van der Waals surface area contributed by atoms with Crippen LogP contribution >= 0.6 is 0 Å². The lowest BCUT2D eigenvalue weighted by Gasteiger charge is -2.26. The Morgan fingerprint density at radius 1 is 0.923 bits per heavy atom. The normalized spacial score (nSPS) is 11.0. The number of amides is 2. The second kappa shape index (κ2) is 13.6. The van der Waals surface area contributed by atoms with E-state index < -0.39 is 22.5 Å². The Hall–Kier alpha value is -4.09. The van der Waals surface area contributed by atoms with Crippen LogP contribution in [0.15, 0.2) is 71.6 Å². The molecule has 0 heterocycles. The lowest BCUT2D eigenvalue weighted by molar-refractivity contribution is -0.114. The van der Waals surface area contributed by atoms with Gasteiger partial charge in [0.05, 0.1) is 36.1 Å². The molecule has 0 bridgehead atoms. The van der Waals surface area contributed by atoms with Crippen LogP contribution in [0.4, 0.5) is 11.4 Å². The number of nitrogens with zero attached hydrogens (tertiary/aromatic N) is 1. The van der Waals surface area contributed by atoms with Crippen molar-refractivity contribution >= 4 is 33.2 Å². The molecule has 3 aromatic carbocycles. The third-order valence-corrected chi connectivity index (χ3v) is 7.58. The largest absolute Gasteiger partial charge is 0.497 e. The van der Waals surface area contributed by atoms with Crippen molar-refractivity contribution in [3.63, 3.8) is 0 Å². The van der Waals surface area contributed by atoms with Crippen LogP contribution in [0.25, 0.3) is 0 Å². The molecule has 0 saturated heterocycles. The third kappa shape index (κ3) is 7.49. The molecule has 0 aromatic heterocycles. The molecule has 0 aliphatic carbocycles. The molecule has 3 rings (SSSR count). The van der Waals surface area contributed by atoms with E-state index in [1.165, 1.54) is 38.5 Å². The van der Waals surface area contributed by atoms with E-state index in [0.29, 0.717) is 25.3 Å². The van der Waals surface area contributed by atoms with Gasteiger partial charge in [0.2, 0.25) is 5.91 Å². The highest BCUT2D eigenvalue weighted by Crippen LogP contribution is 2.35. The van der Waals surface area contributed by atoms with Gasteiger partial charge in [-0.15, -0.1) is 0 Å². The minimum absolute atomic E-state index is 0.00890. The average Bonchev–Trinajstić information content (AvgIpc) is 2.94. The first kappa shape index (κ1) is 29.5. The highest BCUT2D eigenvalue weighted by molar-refractivity contribution is 7.92. The zero-order valence-electron chi connectivity index (χ0n) is 22.4. The van der Waals surface area contributed by atoms with Crippen LogP contribution in [-0.4, -0.2) is 61.3 Å². The van der Waals surface area contributed by atoms with E-state index >= 15 is 0 Å². The fourth-order valence-corrected chi connectivity index (χ4v) is 5.18. The smallest absolute Gasteiger partial charge is 0.264 e. The number of ether oxygens (including phenoxy) is 3. The van der Waals surface area contributed by atoms with Gasteiger partial charge in [-0.1, -0.05) is 29.8 Å². The Morgan fingerprint density at radius 2 is 1.64 bits per heavy atom. The Kier molecular flexibility index (Phi) is 10.3. The molecule has 39 heavy (non-hydrogen) atoms. The Morgan fingerprint density at radius 3 is 2.31 bits per heavy atom. The first-order chi connectivity index (χ1) is 18.7. The van der Waals surface area contributed by atoms with Crippen molar-refractivity contribution in [2.75, 3.05) is 50.6 Å². The van der Waals surface area contributed by atoms with E-state index in [0.717, 1.165) is 9.87 Å². The zero-order valence-corrected chi connectivity index (χ0v) is 23.2. The maximum atomic E-state index is 13.8. The van der Waals surface area contributed by atoms with E-state index in [-0.39, 0.29) is 33.5 Å². The van der Waals surface area contributed by atoms with Crippen molar-refractivity contribution in [1.82, 2.24) is 5.32 Å². The van der Waals surface area contributed by atoms with Gasteiger partial charge in [-0.2, -0.15) is 0 Å². The predicted octanol–water partition coefficient (Wildman–Crippen LogP) is 3.61. The Balaban J connectivity index is 1.93. The molecule has 0 aliphatic rings. The molecule has 0 aliphatic heterocycles. The molecule has 0 unspecified atom stereocenters. The average molecular weight is 556 g/mol. The predicted molar refractivity (Wildman–Crippen MR) is 149 cm³/mol. The van der Waals surface area contributed by atoms with Crippen LogP contribution < -0.4 is 24.4 Å². The van der Waals surface area contributed by atoms with E-state index in [9.17, 15) is 18.0 Å². The lowest BCUT2D eigenvalue weighted by Crippen LogP contribution is -2.38. The fraction of sp³-hybridized carbons (Fsp3) is 0.286. The first-order valence-corrected chi connectivity index (χ1v) is 13.6. The number of benzene rings is 3. The van der Waals surface area contributed by atoms with E-state index in [2.05, 4.69) is 10.6 Å². The molecule has 0 radical (unpaired) electrons. The summed E-state index contributed by atoms with van der Waals surface area (Å²) in [6.45, 7) is 2.16. The number of nitrogens with one attached hydrogen (secondary N) is 2. The summed E-state index contributed by atoms with van der Waals surface area (Å²) in [5.41, 5.74) is 1.54. The molecule has 2 amide bonds. The number of carbonyl (C=O) groups excluding carboxylic acids is 2. The molecular weight excluding hydrogens is 522 g/mol. The van der Waals surface area contributed by atoms with Gasteiger partial charge >= 0.3 is 0 Å². The van der Waals surface area contributed by atoms with Crippen molar-refractivity contribution < 1.29 is 32.2 Å². The summed E-state index contributed by atoms with van der Waals surface area (Å²) in [4.78, 5) is 26.0. The summed E-state index contributed by atoms with van der Waals surface area (Å²) in [5, 5.41) is 5.48. The van der Waals surface area contributed by atoms with Crippen molar-refractivity contribution in [2.24, 2.45) is 0 Å². The van der Waals surface area contributed by atoms with Gasteiger partial charge in [0.15, 0.2) is 0 Å². The maximum absolute atomic E-state index is 13.8.